The van der Waals surface area contributed by atoms with Gasteiger partial charge in [-0.05, 0) is 79.0 Å². The van der Waals surface area contributed by atoms with E-state index in [2.05, 4.69) is 28.1 Å². The van der Waals surface area contributed by atoms with Crippen molar-refractivity contribution < 1.29 is 14.7 Å². The lowest BCUT2D eigenvalue weighted by Gasteiger charge is -2.47. The Bertz CT molecular complexity index is 1340. The van der Waals surface area contributed by atoms with Crippen molar-refractivity contribution in [1.82, 2.24) is 14.8 Å². The van der Waals surface area contributed by atoms with Gasteiger partial charge in [-0.2, -0.15) is 0 Å². The Balaban J connectivity index is 1.06. The van der Waals surface area contributed by atoms with E-state index in [0.717, 1.165) is 51.0 Å². The minimum absolute atomic E-state index is 0.00446. The van der Waals surface area contributed by atoms with E-state index in [1.807, 2.05) is 40.4 Å². The number of anilines is 1. The van der Waals surface area contributed by atoms with Crippen LogP contribution in [0, 0.1) is 5.41 Å². The zero-order valence-electron chi connectivity index (χ0n) is 22.4. The Morgan fingerprint density at radius 2 is 1.54 bits per heavy atom. The Morgan fingerprint density at radius 3 is 2.28 bits per heavy atom. The number of nitrogens with zero attached hydrogens (tertiary/aromatic N) is 4. The topological polar surface area (TPSA) is 77.0 Å². The molecule has 39 heavy (non-hydrogen) atoms. The molecule has 7 heteroatoms. The van der Waals surface area contributed by atoms with Crippen molar-refractivity contribution in [3.63, 3.8) is 0 Å². The van der Waals surface area contributed by atoms with Crippen LogP contribution in [0.2, 0.25) is 0 Å². The van der Waals surface area contributed by atoms with Gasteiger partial charge in [0, 0.05) is 68.5 Å². The van der Waals surface area contributed by atoms with Crippen LogP contribution in [0.4, 0.5) is 5.69 Å². The number of aromatic nitrogens is 1. The summed E-state index contributed by atoms with van der Waals surface area (Å²) in [4.78, 5) is 36.9. The highest BCUT2D eigenvalue weighted by molar-refractivity contribution is 5.94. The molecule has 1 spiro atoms. The first-order valence-corrected chi connectivity index (χ1v) is 14.1. The van der Waals surface area contributed by atoms with Crippen molar-refractivity contribution in [3.8, 4) is 5.75 Å². The van der Waals surface area contributed by atoms with Gasteiger partial charge in [-0.1, -0.05) is 24.3 Å². The second kappa shape index (κ2) is 10.7. The van der Waals surface area contributed by atoms with E-state index in [9.17, 15) is 14.7 Å². The highest BCUT2D eigenvalue weighted by Crippen LogP contribution is 2.42. The fraction of sp³-hybridized carbons (Fsp3) is 0.406. The first kappa shape index (κ1) is 25.4. The average Bonchev–Trinajstić information content (AvgIpc) is 2.98. The van der Waals surface area contributed by atoms with Crippen LogP contribution in [0.25, 0.3) is 0 Å². The predicted molar refractivity (Wildman–Crippen MR) is 151 cm³/mol. The molecule has 7 nitrogen and oxygen atoms in total. The lowest BCUT2D eigenvalue weighted by Crippen LogP contribution is -2.48. The van der Waals surface area contributed by atoms with E-state index in [1.165, 1.54) is 24.1 Å². The van der Waals surface area contributed by atoms with Gasteiger partial charge >= 0.3 is 0 Å². The molecule has 0 unspecified atom stereocenters. The summed E-state index contributed by atoms with van der Waals surface area (Å²) in [5.41, 5.74) is 5.20. The fourth-order valence-electron chi connectivity index (χ4n) is 6.50. The third-order valence-corrected chi connectivity index (χ3v) is 9.11. The maximum Gasteiger partial charge on any atom is 0.253 e. The summed E-state index contributed by atoms with van der Waals surface area (Å²) in [6.07, 6.45) is 9.12. The second-order valence-corrected chi connectivity index (χ2v) is 11.3. The Labute approximate surface area is 230 Å². The van der Waals surface area contributed by atoms with Crippen molar-refractivity contribution in [3.05, 3.63) is 89.2 Å². The molecule has 202 valence electrons. The number of carbonyl (C=O) groups is 2. The number of fused-ring (bicyclic) bond motifs is 1. The predicted octanol–water partition coefficient (Wildman–Crippen LogP) is 4.44. The lowest BCUT2D eigenvalue weighted by atomic mass is 9.71. The number of piperidine rings is 2. The first-order valence-electron chi connectivity index (χ1n) is 14.1. The van der Waals surface area contributed by atoms with Crippen LogP contribution >= 0.6 is 0 Å². The Kier molecular flexibility index (Phi) is 6.98. The van der Waals surface area contributed by atoms with Crippen LogP contribution < -0.4 is 4.90 Å². The van der Waals surface area contributed by atoms with Crippen molar-refractivity contribution in [2.75, 3.05) is 37.6 Å². The van der Waals surface area contributed by atoms with Gasteiger partial charge in [0.05, 0.1) is 6.42 Å². The summed E-state index contributed by atoms with van der Waals surface area (Å²) in [7, 11) is 0. The molecule has 1 aromatic heterocycles. The molecular formula is C32H36N4O3. The summed E-state index contributed by atoms with van der Waals surface area (Å²) in [5, 5.41) is 10.1. The molecule has 2 fully saturated rings. The van der Waals surface area contributed by atoms with E-state index < -0.39 is 0 Å². The van der Waals surface area contributed by atoms with E-state index in [4.69, 9.17) is 0 Å². The number of benzene rings is 2. The van der Waals surface area contributed by atoms with Crippen LogP contribution in [0.5, 0.6) is 5.75 Å². The number of para-hydroxylation sites is 1. The van der Waals surface area contributed by atoms with Crippen LogP contribution in [0.15, 0.2) is 67.0 Å². The zero-order valence-corrected chi connectivity index (χ0v) is 22.4. The minimum atomic E-state index is -0.00446. The quantitative estimate of drug-likeness (QED) is 0.546. The van der Waals surface area contributed by atoms with Gasteiger partial charge in [-0.15, -0.1) is 0 Å². The van der Waals surface area contributed by atoms with Gasteiger partial charge in [0.2, 0.25) is 5.91 Å². The largest absolute Gasteiger partial charge is 0.508 e. The number of amides is 2. The highest BCUT2D eigenvalue weighted by Gasteiger charge is 2.39. The monoisotopic (exact) mass is 524 g/mol. The molecule has 0 saturated carbocycles. The fourth-order valence-corrected chi connectivity index (χ4v) is 6.50. The molecule has 6 rings (SSSR count). The number of hydrogen-bond acceptors (Lipinski definition) is 5. The summed E-state index contributed by atoms with van der Waals surface area (Å²) in [5.74, 6) is 0.244. The second-order valence-electron chi connectivity index (χ2n) is 11.3. The number of aromatic hydroxyl groups is 1. The van der Waals surface area contributed by atoms with Gasteiger partial charge < -0.3 is 19.8 Å². The van der Waals surface area contributed by atoms with E-state index in [0.29, 0.717) is 29.6 Å². The van der Waals surface area contributed by atoms with Crippen molar-refractivity contribution >= 4 is 17.5 Å². The zero-order chi connectivity index (χ0) is 26.8. The first-order chi connectivity index (χ1) is 19.0. The number of hydrogen-bond donors (Lipinski definition) is 1. The minimum Gasteiger partial charge on any atom is -0.508 e. The van der Waals surface area contributed by atoms with Gasteiger partial charge in [0.1, 0.15) is 5.75 Å². The third-order valence-electron chi connectivity index (χ3n) is 9.11. The maximum atomic E-state index is 13.5. The molecule has 0 atom stereocenters. The number of carbonyl (C=O) groups excluding carboxylic acids is 2. The average molecular weight is 525 g/mol. The van der Waals surface area contributed by atoms with Crippen LogP contribution in [0.3, 0.4) is 0 Å². The molecule has 3 aliphatic rings. The number of phenols is 1. The van der Waals surface area contributed by atoms with Crippen molar-refractivity contribution in [2.24, 2.45) is 5.41 Å². The molecule has 3 aromatic rings. The van der Waals surface area contributed by atoms with E-state index in [1.54, 1.807) is 18.2 Å². The van der Waals surface area contributed by atoms with Gasteiger partial charge in [-0.25, -0.2) is 0 Å². The molecular weight excluding hydrogens is 488 g/mol. The maximum absolute atomic E-state index is 13.5. The number of likely N-dealkylation sites (tertiary alicyclic amines) is 1. The molecule has 0 aliphatic carbocycles. The number of phenolic OH excluding ortho intramolecular Hbond substituents is 1. The lowest BCUT2D eigenvalue weighted by molar-refractivity contribution is -0.131. The van der Waals surface area contributed by atoms with Crippen LogP contribution in [-0.2, 0) is 24.2 Å². The summed E-state index contributed by atoms with van der Waals surface area (Å²) >= 11 is 0. The molecule has 2 amide bonds. The molecule has 2 saturated heterocycles. The molecule has 3 aliphatic heterocycles. The Morgan fingerprint density at radius 1 is 0.821 bits per heavy atom. The Hall–Kier alpha value is -3.87. The van der Waals surface area contributed by atoms with Crippen LogP contribution in [-0.4, -0.2) is 64.4 Å². The molecule has 0 radical (unpaired) electrons. The SMILES string of the molecule is O=C(Cc1ccccc1O)N1CCc2ccc(C(=O)N3CCC4(CC3)CCN(c3ccncc3)CC4)cc2C1. The van der Waals surface area contributed by atoms with Gasteiger partial charge in [-0.3, -0.25) is 14.6 Å². The molecule has 1 N–H and O–H groups in total. The van der Waals surface area contributed by atoms with Crippen LogP contribution in [0.1, 0.15) is 52.7 Å². The molecule has 0 bridgehead atoms. The van der Waals surface area contributed by atoms with Crippen molar-refractivity contribution in [2.45, 2.75) is 45.1 Å². The van der Waals surface area contributed by atoms with Crippen molar-refractivity contribution in [1.29, 1.82) is 0 Å². The number of pyridine rings is 1. The third kappa shape index (κ3) is 5.35. The standard InChI is InChI=1S/C32H36N4O3/c37-29-4-2-1-3-25(29)22-30(38)36-16-9-24-5-6-26(21-27(24)23-36)31(39)35-19-12-32(13-20-35)10-17-34(18-11-32)28-7-14-33-15-8-28/h1-8,14-15,21,37H,9-13,16-20,22-23H2. The van der Waals surface area contributed by atoms with E-state index >= 15 is 0 Å². The number of rotatable bonds is 4. The molecule has 2 aromatic carbocycles. The summed E-state index contributed by atoms with van der Waals surface area (Å²) in [6.45, 7) is 4.87. The van der Waals surface area contributed by atoms with Gasteiger partial charge in [0.25, 0.3) is 5.91 Å². The smallest absolute Gasteiger partial charge is 0.253 e. The summed E-state index contributed by atoms with van der Waals surface area (Å²) < 4.78 is 0. The van der Waals surface area contributed by atoms with Gasteiger partial charge in [0.15, 0.2) is 0 Å². The molecule has 4 heterocycles. The van der Waals surface area contributed by atoms with E-state index in [-0.39, 0.29) is 24.0 Å². The summed E-state index contributed by atoms with van der Waals surface area (Å²) in [6, 6.07) is 17.2. The normalized spacial score (nSPS) is 18.6. The highest BCUT2D eigenvalue weighted by atomic mass is 16.3.